The molecule has 2 aromatic rings. The molecule has 0 spiro atoms. The smallest absolute Gasteiger partial charge is 0.131 e. The van der Waals surface area contributed by atoms with E-state index in [1.54, 1.807) is 0 Å². The minimum atomic E-state index is -0.569. The van der Waals surface area contributed by atoms with Gasteiger partial charge in [0, 0.05) is 5.56 Å². The molecule has 0 bridgehead atoms. The summed E-state index contributed by atoms with van der Waals surface area (Å²) in [5.74, 6) is -1.12. The molecule has 1 aromatic carbocycles. The van der Waals surface area contributed by atoms with E-state index in [1.807, 2.05) is 26.8 Å². The van der Waals surface area contributed by atoms with Crippen molar-refractivity contribution in [1.29, 1.82) is 0 Å². The van der Waals surface area contributed by atoms with Crippen LogP contribution in [0.5, 0.6) is 0 Å². The number of hydrogen-bond donors (Lipinski definition) is 1. The van der Waals surface area contributed by atoms with Crippen molar-refractivity contribution in [3.8, 4) is 0 Å². The van der Waals surface area contributed by atoms with Gasteiger partial charge in [0.15, 0.2) is 0 Å². The van der Waals surface area contributed by atoms with Crippen LogP contribution < -0.4 is 5.32 Å². The second-order valence-corrected chi connectivity index (χ2v) is 4.87. The molecule has 0 saturated carbocycles. The third-order valence-corrected chi connectivity index (χ3v) is 3.37. The SMILES string of the molecule is CCNC(c1cc(C)nnc1CC)c1c(F)cccc1F. The van der Waals surface area contributed by atoms with E-state index < -0.39 is 17.7 Å². The fourth-order valence-corrected chi connectivity index (χ4v) is 2.42. The molecule has 0 aliphatic heterocycles. The molecule has 1 atom stereocenters. The summed E-state index contributed by atoms with van der Waals surface area (Å²) in [4.78, 5) is 0. The molecular formula is C16H19F2N3. The van der Waals surface area contributed by atoms with E-state index in [9.17, 15) is 8.78 Å². The van der Waals surface area contributed by atoms with E-state index in [0.717, 1.165) is 17.0 Å². The van der Waals surface area contributed by atoms with Crippen LogP contribution in [0.1, 0.15) is 42.4 Å². The summed E-state index contributed by atoms with van der Waals surface area (Å²) in [6, 6.07) is 5.19. The Morgan fingerprint density at radius 1 is 1.14 bits per heavy atom. The molecule has 3 nitrogen and oxygen atoms in total. The van der Waals surface area contributed by atoms with E-state index in [2.05, 4.69) is 15.5 Å². The Bertz CT molecular complexity index is 609. The van der Waals surface area contributed by atoms with Crippen LogP contribution in [0.4, 0.5) is 8.78 Å². The summed E-state index contributed by atoms with van der Waals surface area (Å²) in [5.41, 5.74) is 2.27. The van der Waals surface area contributed by atoms with Crippen molar-refractivity contribution in [2.45, 2.75) is 33.2 Å². The van der Waals surface area contributed by atoms with Gasteiger partial charge in [-0.25, -0.2) is 8.78 Å². The minimum absolute atomic E-state index is 0.0291. The maximum Gasteiger partial charge on any atom is 0.131 e. The lowest BCUT2D eigenvalue weighted by atomic mass is 9.95. The van der Waals surface area contributed by atoms with Gasteiger partial charge in [0.25, 0.3) is 0 Å². The molecule has 5 heteroatoms. The van der Waals surface area contributed by atoms with Gasteiger partial charge in [-0.15, -0.1) is 0 Å². The lowest BCUT2D eigenvalue weighted by Gasteiger charge is -2.22. The summed E-state index contributed by atoms with van der Waals surface area (Å²) in [6.07, 6.45) is 0.653. The molecule has 0 aliphatic carbocycles. The van der Waals surface area contributed by atoms with Crippen molar-refractivity contribution in [2.24, 2.45) is 0 Å². The van der Waals surface area contributed by atoms with Gasteiger partial charge in [0.2, 0.25) is 0 Å². The van der Waals surface area contributed by atoms with Gasteiger partial charge in [-0.2, -0.15) is 10.2 Å². The summed E-state index contributed by atoms with van der Waals surface area (Å²) >= 11 is 0. The minimum Gasteiger partial charge on any atom is -0.306 e. The first kappa shape index (κ1) is 15.5. The molecule has 112 valence electrons. The average Bonchev–Trinajstić information content (AvgIpc) is 2.46. The Balaban J connectivity index is 2.61. The van der Waals surface area contributed by atoms with E-state index in [-0.39, 0.29) is 5.56 Å². The third-order valence-electron chi connectivity index (χ3n) is 3.37. The molecule has 0 saturated heterocycles. The van der Waals surface area contributed by atoms with E-state index in [1.165, 1.54) is 18.2 Å². The normalized spacial score (nSPS) is 12.4. The average molecular weight is 291 g/mol. The van der Waals surface area contributed by atoms with Crippen LogP contribution in [0, 0.1) is 18.6 Å². The van der Waals surface area contributed by atoms with Gasteiger partial charge < -0.3 is 5.32 Å². The summed E-state index contributed by atoms with van der Waals surface area (Å²) in [7, 11) is 0. The molecule has 0 aliphatic rings. The molecule has 1 aromatic heterocycles. The van der Waals surface area contributed by atoms with Gasteiger partial charge in [0.05, 0.1) is 17.4 Å². The Labute approximate surface area is 123 Å². The molecule has 1 N–H and O–H groups in total. The number of aromatic nitrogens is 2. The quantitative estimate of drug-likeness (QED) is 0.918. The van der Waals surface area contributed by atoms with Gasteiger partial charge >= 0.3 is 0 Å². The lowest BCUT2D eigenvalue weighted by Crippen LogP contribution is -2.26. The summed E-state index contributed by atoms with van der Waals surface area (Å²) in [6.45, 7) is 6.25. The van der Waals surface area contributed by atoms with Crippen LogP contribution in [-0.4, -0.2) is 16.7 Å². The molecule has 2 rings (SSSR count). The molecular weight excluding hydrogens is 272 g/mol. The van der Waals surface area contributed by atoms with E-state index >= 15 is 0 Å². The van der Waals surface area contributed by atoms with Gasteiger partial charge in [-0.1, -0.05) is 19.9 Å². The van der Waals surface area contributed by atoms with Crippen molar-refractivity contribution in [1.82, 2.24) is 15.5 Å². The molecule has 1 heterocycles. The van der Waals surface area contributed by atoms with Crippen LogP contribution in [0.2, 0.25) is 0 Å². The number of nitrogens with one attached hydrogen (secondary N) is 1. The molecule has 0 fully saturated rings. The zero-order chi connectivity index (χ0) is 15.4. The highest BCUT2D eigenvalue weighted by molar-refractivity contribution is 5.36. The highest BCUT2D eigenvalue weighted by Gasteiger charge is 2.24. The number of halogens is 2. The molecule has 0 radical (unpaired) electrons. The number of nitrogens with zero attached hydrogens (tertiary/aromatic N) is 2. The Hall–Kier alpha value is -1.88. The monoisotopic (exact) mass is 291 g/mol. The van der Waals surface area contributed by atoms with Crippen molar-refractivity contribution in [3.63, 3.8) is 0 Å². The predicted molar refractivity (Wildman–Crippen MR) is 78.0 cm³/mol. The van der Waals surface area contributed by atoms with Gasteiger partial charge in [-0.3, -0.25) is 0 Å². The van der Waals surface area contributed by atoms with Gasteiger partial charge in [-0.05, 0) is 43.7 Å². The number of rotatable bonds is 5. The lowest BCUT2D eigenvalue weighted by molar-refractivity contribution is 0.507. The van der Waals surface area contributed by atoms with Crippen LogP contribution in [0.15, 0.2) is 24.3 Å². The number of hydrogen-bond acceptors (Lipinski definition) is 3. The third kappa shape index (κ3) is 3.24. The predicted octanol–water partition coefficient (Wildman–Crippen LogP) is 3.32. The number of aryl methyl sites for hydroxylation is 2. The zero-order valence-corrected chi connectivity index (χ0v) is 12.5. The van der Waals surface area contributed by atoms with Crippen LogP contribution in [0.3, 0.4) is 0 Å². The first-order valence-electron chi connectivity index (χ1n) is 7.08. The van der Waals surface area contributed by atoms with Crippen LogP contribution in [-0.2, 0) is 6.42 Å². The second kappa shape index (κ2) is 6.72. The van der Waals surface area contributed by atoms with Crippen LogP contribution >= 0.6 is 0 Å². The topological polar surface area (TPSA) is 37.8 Å². The Morgan fingerprint density at radius 2 is 1.81 bits per heavy atom. The van der Waals surface area contributed by atoms with Crippen molar-refractivity contribution in [3.05, 3.63) is 58.4 Å². The zero-order valence-electron chi connectivity index (χ0n) is 12.5. The highest BCUT2D eigenvalue weighted by atomic mass is 19.1. The van der Waals surface area contributed by atoms with Crippen molar-refractivity contribution in [2.75, 3.05) is 6.54 Å². The van der Waals surface area contributed by atoms with Crippen molar-refractivity contribution < 1.29 is 8.78 Å². The van der Waals surface area contributed by atoms with Crippen molar-refractivity contribution >= 4 is 0 Å². The van der Waals surface area contributed by atoms with Crippen LogP contribution in [0.25, 0.3) is 0 Å². The first-order valence-corrected chi connectivity index (χ1v) is 7.08. The largest absolute Gasteiger partial charge is 0.306 e. The van der Waals surface area contributed by atoms with E-state index in [4.69, 9.17) is 0 Å². The fourth-order valence-electron chi connectivity index (χ4n) is 2.42. The highest BCUT2D eigenvalue weighted by Crippen LogP contribution is 2.29. The summed E-state index contributed by atoms with van der Waals surface area (Å²) in [5, 5.41) is 11.3. The Kier molecular flexibility index (Phi) is 4.96. The molecule has 21 heavy (non-hydrogen) atoms. The first-order chi connectivity index (χ1) is 10.1. The molecule has 1 unspecified atom stereocenters. The molecule has 0 amide bonds. The van der Waals surface area contributed by atoms with Gasteiger partial charge in [0.1, 0.15) is 11.6 Å². The maximum atomic E-state index is 14.1. The number of benzene rings is 1. The Morgan fingerprint density at radius 3 is 2.38 bits per heavy atom. The standard InChI is InChI=1S/C16H19F2N3/c1-4-14-11(9-10(3)20-21-14)16(19-5-2)15-12(17)7-6-8-13(15)18/h6-9,16,19H,4-5H2,1-3H3. The van der Waals surface area contributed by atoms with E-state index in [0.29, 0.717) is 13.0 Å². The summed E-state index contributed by atoms with van der Waals surface area (Å²) < 4.78 is 28.3. The maximum absolute atomic E-state index is 14.1. The fraction of sp³-hybridized carbons (Fsp3) is 0.375. The second-order valence-electron chi connectivity index (χ2n) is 4.87.